The Bertz CT molecular complexity index is 635. The lowest BCUT2D eigenvalue weighted by molar-refractivity contribution is -0.180. The van der Waals surface area contributed by atoms with Crippen molar-refractivity contribution in [1.29, 1.82) is 0 Å². The van der Waals surface area contributed by atoms with Crippen molar-refractivity contribution in [3.63, 3.8) is 0 Å². The van der Waals surface area contributed by atoms with E-state index in [2.05, 4.69) is 26.0 Å². The van der Waals surface area contributed by atoms with E-state index in [0.717, 1.165) is 35.3 Å². The molecule has 0 saturated carbocycles. The summed E-state index contributed by atoms with van der Waals surface area (Å²) in [6.07, 6.45) is 10.1. The number of benzene rings is 1. The van der Waals surface area contributed by atoms with Gasteiger partial charge in [0, 0.05) is 12.1 Å². The summed E-state index contributed by atoms with van der Waals surface area (Å²) < 4.78 is 11.8. The number of anilines is 1. The average Bonchev–Trinajstić information content (AvgIpc) is 3.21. The zero-order valence-electron chi connectivity index (χ0n) is 16.6. The summed E-state index contributed by atoms with van der Waals surface area (Å²) in [6.45, 7) is 8.06. The maximum absolute atomic E-state index is 13.2. The Morgan fingerprint density at radius 3 is 2.15 bits per heavy atom. The summed E-state index contributed by atoms with van der Waals surface area (Å²) in [5.41, 5.74) is 4.13. The van der Waals surface area contributed by atoms with Gasteiger partial charge in [-0.3, -0.25) is 4.79 Å². The Kier molecular flexibility index (Phi) is 6.36. The molecule has 0 unspecified atom stereocenters. The van der Waals surface area contributed by atoms with Gasteiger partial charge in [0.15, 0.2) is 0 Å². The van der Waals surface area contributed by atoms with Crippen molar-refractivity contribution in [2.75, 3.05) is 24.7 Å². The van der Waals surface area contributed by atoms with E-state index in [0.29, 0.717) is 13.2 Å². The number of carbonyl (C=O) groups is 1. The van der Waals surface area contributed by atoms with Crippen LogP contribution < -0.4 is 4.90 Å². The SMILES string of the molecule is CCCCCCCCCCN1C(=O)C2(OCCO2)c2c(C)ccc(C)c21. The molecule has 2 aliphatic rings. The van der Waals surface area contributed by atoms with Crippen LogP contribution in [0.25, 0.3) is 0 Å². The summed E-state index contributed by atoms with van der Waals surface area (Å²) in [5.74, 6) is -1.23. The summed E-state index contributed by atoms with van der Waals surface area (Å²) >= 11 is 0. The second kappa shape index (κ2) is 8.53. The van der Waals surface area contributed by atoms with Gasteiger partial charge in [-0.2, -0.15) is 0 Å². The number of unbranched alkanes of at least 4 members (excludes halogenated alkanes) is 7. The number of aryl methyl sites for hydroxylation is 2. The highest BCUT2D eigenvalue weighted by atomic mass is 16.7. The van der Waals surface area contributed by atoms with E-state index in [-0.39, 0.29) is 5.91 Å². The lowest BCUT2D eigenvalue weighted by Crippen LogP contribution is -2.41. The minimum atomic E-state index is -1.19. The Labute approximate surface area is 157 Å². The van der Waals surface area contributed by atoms with Crippen molar-refractivity contribution in [1.82, 2.24) is 0 Å². The minimum absolute atomic E-state index is 0.0367. The van der Waals surface area contributed by atoms with Crippen LogP contribution >= 0.6 is 0 Å². The lowest BCUT2D eigenvalue weighted by atomic mass is 9.98. The molecule has 144 valence electrons. The van der Waals surface area contributed by atoms with Crippen LogP contribution in [-0.4, -0.2) is 25.7 Å². The molecule has 2 aliphatic heterocycles. The Morgan fingerprint density at radius 2 is 1.50 bits per heavy atom. The fourth-order valence-corrected chi connectivity index (χ4v) is 4.24. The molecule has 2 heterocycles. The first-order valence-corrected chi connectivity index (χ1v) is 10.3. The number of rotatable bonds is 9. The molecule has 4 heteroatoms. The highest BCUT2D eigenvalue weighted by Gasteiger charge is 2.57. The fourth-order valence-electron chi connectivity index (χ4n) is 4.24. The molecule has 0 bridgehead atoms. The van der Waals surface area contributed by atoms with Gasteiger partial charge >= 0.3 is 0 Å². The third-order valence-corrected chi connectivity index (χ3v) is 5.64. The van der Waals surface area contributed by atoms with Crippen molar-refractivity contribution in [3.8, 4) is 0 Å². The molecule has 4 nitrogen and oxygen atoms in total. The van der Waals surface area contributed by atoms with E-state index in [4.69, 9.17) is 9.47 Å². The molecule has 0 N–H and O–H groups in total. The van der Waals surface area contributed by atoms with E-state index in [9.17, 15) is 4.79 Å². The first-order chi connectivity index (χ1) is 12.6. The van der Waals surface area contributed by atoms with Crippen molar-refractivity contribution >= 4 is 11.6 Å². The number of amides is 1. The van der Waals surface area contributed by atoms with Crippen LogP contribution in [0.15, 0.2) is 12.1 Å². The van der Waals surface area contributed by atoms with Gasteiger partial charge in [-0.15, -0.1) is 0 Å². The van der Waals surface area contributed by atoms with Crippen LogP contribution in [0.2, 0.25) is 0 Å². The predicted molar refractivity (Wildman–Crippen MR) is 104 cm³/mol. The molecule has 3 rings (SSSR count). The molecular weight excluding hydrogens is 326 g/mol. The van der Waals surface area contributed by atoms with Gasteiger partial charge in [-0.1, -0.05) is 64.0 Å². The van der Waals surface area contributed by atoms with E-state index in [1.54, 1.807) is 0 Å². The van der Waals surface area contributed by atoms with Crippen molar-refractivity contribution in [2.24, 2.45) is 0 Å². The largest absolute Gasteiger partial charge is 0.336 e. The fraction of sp³-hybridized carbons (Fsp3) is 0.682. The second-order valence-electron chi connectivity index (χ2n) is 7.67. The van der Waals surface area contributed by atoms with Crippen LogP contribution in [0.5, 0.6) is 0 Å². The van der Waals surface area contributed by atoms with Gasteiger partial charge in [-0.05, 0) is 31.4 Å². The van der Waals surface area contributed by atoms with Crippen molar-refractivity contribution in [2.45, 2.75) is 77.9 Å². The molecule has 26 heavy (non-hydrogen) atoms. The van der Waals surface area contributed by atoms with Crippen molar-refractivity contribution < 1.29 is 14.3 Å². The molecular formula is C22H33NO3. The number of hydrogen-bond acceptors (Lipinski definition) is 3. The quantitative estimate of drug-likeness (QED) is 0.583. The van der Waals surface area contributed by atoms with Crippen LogP contribution in [0.1, 0.15) is 75.0 Å². The van der Waals surface area contributed by atoms with E-state index in [1.807, 2.05) is 11.8 Å². The highest BCUT2D eigenvalue weighted by Crippen LogP contribution is 2.48. The molecule has 0 atom stereocenters. The Morgan fingerprint density at radius 1 is 0.923 bits per heavy atom. The lowest BCUT2D eigenvalue weighted by Gasteiger charge is -2.22. The van der Waals surface area contributed by atoms with Crippen LogP contribution in [-0.2, 0) is 20.1 Å². The van der Waals surface area contributed by atoms with Crippen LogP contribution in [0.4, 0.5) is 5.69 Å². The third-order valence-electron chi connectivity index (χ3n) is 5.64. The molecule has 0 aromatic heterocycles. The molecule has 1 aromatic rings. The monoisotopic (exact) mass is 359 g/mol. The normalized spacial score (nSPS) is 18.1. The second-order valence-corrected chi connectivity index (χ2v) is 7.67. The van der Waals surface area contributed by atoms with E-state index < -0.39 is 5.79 Å². The number of carbonyl (C=O) groups excluding carboxylic acids is 1. The number of hydrogen-bond donors (Lipinski definition) is 0. The first-order valence-electron chi connectivity index (χ1n) is 10.3. The smallest absolute Gasteiger partial charge is 0.292 e. The zero-order chi connectivity index (χ0) is 18.6. The molecule has 0 radical (unpaired) electrons. The minimum Gasteiger partial charge on any atom is -0.336 e. The van der Waals surface area contributed by atoms with Gasteiger partial charge in [0.05, 0.1) is 18.9 Å². The number of fused-ring (bicyclic) bond motifs is 2. The van der Waals surface area contributed by atoms with Crippen molar-refractivity contribution in [3.05, 3.63) is 28.8 Å². The van der Waals surface area contributed by atoms with Gasteiger partial charge in [0.2, 0.25) is 0 Å². The summed E-state index contributed by atoms with van der Waals surface area (Å²) in [4.78, 5) is 15.1. The highest BCUT2D eigenvalue weighted by molar-refractivity contribution is 6.07. The number of nitrogens with zero attached hydrogens (tertiary/aromatic N) is 1. The van der Waals surface area contributed by atoms with Gasteiger partial charge < -0.3 is 14.4 Å². The van der Waals surface area contributed by atoms with Gasteiger partial charge in [0.25, 0.3) is 11.7 Å². The Balaban J connectivity index is 1.64. The van der Waals surface area contributed by atoms with Gasteiger partial charge in [0.1, 0.15) is 0 Å². The van der Waals surface area contributed by atoms with Gasteiger partial charge in [-0.25, -0.2) is 0 Å². The predicted octanol–water partition coefficient (Wildman–Crippen LogP) is 4.99. The van der Waals surface area contributed by atoms with E-state index >= 15 is 0 Å². The molecule has 1 amide bonds. The number of ether oxygens (including phenoxy) is 2. The molecule has 1 saturated heterocycles. The Hall–Kier alpha value is -1.39. The molecule has 0 aliphatic carbocycles. The van der Waals surface area contributed by atoms with Crippen LogP contribution in [0, 0.1) is 13.8 Å². The maximum atomic E-state index is 13.2. The van der Waals surface area contributed by atoms with E-state index in [1.165, 1.54) is 44.9 Å². The first kappa shape index (κ1) is 19.4. The average molecular weight is 360 g/mol. The van der Waals surface area contributed by atoms with Crippen LogP contribution in [0.3, 0.4) is 0 Å². The summed E-state index contributed by atoms with van der Waals surface area (Å²) in [6, 6.07) is 4.16. The standard InChI is InChI=1S/C22H33NO3/c1-4-5-6-7-8-9-10-11-14-23-20-18(3)13-12-17(2)19(20)22(21(23)24)25-15-16-26-22/h12-13H,4-11,14-16H2,1-3H3. The molecule has 1 fully saturated rings. The topological polar surface area (TPSA) is 38.8 Å². The molecule has 1 spiro atoms. The summed E-state index contributed by atoms with van der Waals surface area (Å²) in [7, 11) is 0. The summed E-state index contributed by atoms with van der Waals surface area (Å²) in [5, 5.41) is 0. The zero-order valence-corrected chi connectivity index (χ0v) is 16.6. The third kappa shape index (κ3) is 3.54. The molecule has 1 aromatic carbocycles. The maximum Gasteiger partial charge on any atom is 0.292 e.